The Morgan fingerprint density at radius 1 is 1.03 bits per heavy atom. The molecule has 204 valence electrons. The second kappa shape index (κ2) is 12.5. The van der Waals surface area contributed by atoms with Gasteiger partial charge in [-0.1, -0.05) is 65.9 Å². The summed E-state index contributed by atoms with van der Waals surface area (Å²) in [4.78, 5) is 12.6. The fourth-order valence-electron chi connectivity index (χ4n) is 4.03. The van der Waals surface area contributed by atoms with E-state index in [1.165, 1.54) is 17.8 Å². The fourth-order valence-corrected chi connectivity index (χ4v) is 5.02. The summed E-state index contributed by atoms with van der Waals surface area (Å²) in [5, 5.41) is 12.3. The molecule has 4 aromatic rings. The third kappa shape index (κ3) is 7.27. The van der Waals surface area contributed by atoms with Crippen molar-refractivity contribution in [1.82, 2.24) is 20.1 Å². The summed E-state index contributed by atoms with van der Waals surface area (Å²) in [7, 11) is 1.66. The van der Waals surface area contributed by atoms with Crippen LogP contribution in [-0.2, 0) is 23.2 Å². The quantitative estimate of drug-likeness (QED) is 0.221. The molecule has 3 aromatic carbocycles. The lowest BCUT2D eigenvalue weighted by Gasteiger charge is -2.17. The lowest BCUT2D eigenvalue weighted by molar-refractivity contribution is -0.137. The number of nitrogens with one attached hydrogen (secondary N) is 1. The van der Waals surface area contributed by atoms with E-state index in [2.05, 4.69) is 27.0 Å². The number of carbonyl (C=O) groups excluding carboxylic acids is 1. The standard InChI is InChI=1S/C29H29F3N4O2S/c1-19-7-11-23(12-8-19)26-34-35-28(36(26)20(2)17-38-3)39-18-21-9-13-24(14-10-21)27(37)33-16-22-5-4-6-25(15-22)29(30,31)32/h4-15,20H,16-18H2,1-3H3,(H,33,37). The van der Waals surface area contributed by atoms with Crippen LogP contribution in [0.2, 0.25) is 0 Å². The number of rotatable bonds is 10. The summed E-state index contributed by atoms with van der Waals surface area (Å²) < 4.78 is 46.2. The Labute approximate surface area is 229 Å². The number of alkyl halides is 3. The number of amides is 1. The summed E-state index contributed by atoms with van der Waals surface area (Å²) in [6, 6.07) is 20.2. The zero-order valence-corrected chi connectivity index (χ0v) is 22.6. The van der Waals surface area contributed by atoms with E-state index in [0.717, 1.165) is 39.8 Å². The first-order valence-corrected chi connectivity index (χ1v) is 13.3. The summed E-state index contributed by atoms with van der Waals surface area (Å²) >= 11 is 1.54. The maximum atomic E-state index is 12.9. The minimum atomic E-state index is -4.43. The number of ether oxygens (including phenoxy) is 1. The molecule has 1 atom stereocenters. The van der Waals surface area contributed by atoms with Crippen LogP contribution in [0.25, 0.3) is 11.4 Å². The van der Waals surface area contributed by atoms with Gasteiger partial charge in [0.2, 0.25) is 0 Å². The SMILES string of the molecule is COCC(C)n1c(SCc2ccc(C(=O)NCc3cccc(C(F)(F)F)c3)cc2)nnc1-c1ccc(C)cc1. The molecule has 10 heteroatoms. The minimum Gasteiger partial charge on any atom is -0.383 e. The monoisotopic (exact) mass is 554 g/mol. The van der Waals surface area contributed by atoms with Crippen molar-refractivity contribution < 1.29 is 22.7 Å². The maximum Gasteiger partial charge on any atom is 0.416 e. The molecule has 0 saturated carbocycles. The van der Waals surface area contributed by atoms with Gasteiger partial charge in [0.05, 0.1) is 18.2 Å². The Morgan fingerprint density at radius 3 is 2.41 bits per heavy atom. The second-order valence-electron chi connectivity index (χ2n) is 9.21. The smallest absolute Gasteiger partial charge is 0.383 e. The highest BCUT2D eigenvalue weighted by molar-refractivity contribution is 7.98. The van der Waals surface area contributed by atoms with Gasteiger partial charge in [0.25, 0.3) is 5.91 Å². The van der Waals surface area contributed by atoms with E-state index in [-0.39, 0.29) is 18.5 Å². The normalized spacial score (nSPS) is 12.4. The van der Waals surface area contributed by atoms with Gasteiger partial charge in [-0.3, -0.25) is 9.36 Å². The molecule has 1 heterocycles. The maximum absolute atomic E-state index is 12.9. The van der Waals surface area contributed by atoms with E-state index < -0.39 is 11.7 Å². The highest BCUT2D eigenvalue weighted by Gasteiger charge is 2.30. The van der Waals surface area contributed by atoms with Gasteiger partial charge in [0, 0.05) is 30.5 Å². The van der Waals surface area contributed by atoms with Crippen LogP contribution in [0.15, 0.2) is 78.0 Å². The molecule has 1 N–H and O–H groups in total. The summed E-state index contributed by atoms with van der Waals surface area (Å²) in [6.07, 6.45) is -4.43. The molecule has 0 spiro atoms. The van der Waals surface area contributed by atoms with Crippen LogP contribution in [-0.4, -0.2) is 34.4 Å². The molecule has 4 rings (SSSR count). The number of benzene rings is 3. The van der Waals surface area contributed by atoms with Crippen molar-refractivity contribution in [3.63, 3.8) is 0 Å². The Hall–Kier alpha value is -3.63. The van der Waals surface area contributed by atoms with Crippen molar-refractivity contribution in [2.75, 3.05) is 13.7 Å². The molecule has 0 radical (unpaired) electrons. The molecule has 0 aliphatic heterocycles. The molecule has 1 unspecified atom stereocenters. The second-order valence-corrected chi connectivity index (χ2v) is 10.2. The fraction of sp³-hybridized carbons (Fsp3) is 0.276. The van der Waals surface area contributed by atoms with Crippen LogP contribution < -0.4 is 5.32 Å². The van der Waals surface area contributed by atoms with E-state index in [1.807, 2.05) is 43.3 Å². The van der Waals surface area contributed by atoms with Crippen LogP contribution in [0.1, 0.15) is 45.6 Å². The topological polar surface area (TPSA) is 69.0 Å². The number of nitrogens with zero attached hydrogens (tertiary/aromatic N) is 3. The number of hydrogen-bond donors (Lipinski definition) is 1. The minimum absolute atomic E-state index is 0.00100. The van der Waals surface area contributed by atoms with E-state index in [0.29, 0.717) is 23.5 Å². The Kier molecular flexibility index (Phi) is 9.08. The number of hydrogen-bond acceptors (Lipinski definition) is 5. The number of halogens is 3. The molecular weight excluding hydrogens is 525 g/mol. The largest absolute Gasteiger partial charge is 0.416 e. The van der Waals surface area contributed by atoms with Gasteiger partial charge < -0.3 is 10.1 Å². The zero-order valence-electron chi connectivity index (χ0n) is 21.8. The molecule has 0 aliphatic rings. The number of aromatic nitrogens is 3. The predicted molar refractivity (Wildman–Crippen MR) is 145 cm³/mol. The summed E-state index contributed by atoms with van der Waals surface area (Å²) in [5.74, 6) is 1.02. The van der Waals surface area contributed by atoms with E-state index in [1.54, 1.807) is 25.3 Å². The van der Waals surface area contributed by atoms with Crippen LogP contribution in [0.4, 0.5) is 13.2 Å². The van der Waals surface area contributed by atoms with Gasteiger partial charge in [-0.2, -0.15) is 13.2 Å². The molecule has 0 fully saturated rings. The van der Waals surface area contributed by atoms with Crippen LogP contribution in [0.5, 0.6) is 0 Å². The Bertz CT molecular complexity index is 1400. The number of aryl methyl sites for hydroxylation is 1. The van der Waals surface area contributed by atoms with Crippen LogP contribution >= 0.6 is 11.8 Å². The third-order valence-corrected chi connectivity index (χ3v) is 7.13. The molecule has 6 nitrogen and oxygen atoms in total. The molecule has 0 bridgehead atoms. The predicted octanol–water partition coefficient (Wildman–Crippen LogP) is 6.70. The first-order chi connectivity index (χ1) is 18.7. The molecule has 39 heavy (non-hydrogen) atoms. The molecule has 0 aliphatic carbocycles. The number of methoxy groups -OCH3 is 1. The lowest BCUT2D eigenvalue weighted by Crippen LogP contribution is -2.23. The Morgan fingerprint density at radius 2 is 1.74 bits per heavy atom. The molecule has 1 amide bonds. The Balaban J connectivity index is 1.40. The first kappa shape index (κ1) is 28.4. The van der Waals surface area contributed by atoms with Crippen molar-refractivity contribution in [3.05, 3.63) is 101 Å². The third-order valence-electron chi connectivity index (χ3n) is 6.11. The molecular formula is C29H29F3N4O2S. The van der Waals surface area contributed by atoms with E-state index >= 15 is 0 Å². The highest BCUT2D eigenvalue weighted by Crippen LogP contribution is 2.31. The van der Waals surface area contributed by atoms with Gasteiger partial charge in [-0.15, -0.1) is 10.2 Å². The van der Waals surface area contributed by atoms with Gasteiger partial charge in [-0.25, -0.2) is 0 Å². The van der Waals surface area contributed by atoms with Gasteiger partial charge in [0.1, 0.15) is 0 Å². The van der Waals surface area contributed by atoms with Crippen molar-refractivity contribution in [2.24, 2.45) is 0 Å². The number of thioether (sulfide) groups is 1. The van der Waals surface area contributed by atoms with Gasteiger partial charge >= 0.3 is 6.18 Å². The average molecular weight is 555 g/mol. The van der Waals surface area contributed by atoms with Crippen molar-refractivity contribution in [1.29, 1.82) is 0 Å². The molecule has 0 saturated heterocycles. The lowest BCUT2D eigenvalue weighted by atomic mass is 10.1. The van der Waals surface area contributed by atoms with Crippen molar-refractivity contribution in [3.8, 4) is 11.4 Å². The number of carbonyl (C=O) groups is 1. The van der Waals surface area contributed by atoms with Crippen LogP contribution in [0, 0.1) is 6.92 Å². The average Bonchev–Trinajstić information content (AvgIpc) is 3.35. The summed E-state index contributed by atoms with van der Waals surface area (Å²) in [5.41, 5.74) is 3.19. The molecule has 1 aromatic heterocycles. The van der Waals surface area contributed by atoms with E-state index in [9.17, 15) is 18.0 Å². The zero-order chi connectivity index (χ0) is 28.0. The summed E-state index contributed by atoms with van der Waals surface area (Å²) in [6.45, 7) is 4.60. The van der Waals surface area contributed by atoms with Crippen LogP contribution in [0.3, 0.4) is 0 Å². The van der Waals surface area contributed by atoms with E-state index in [4.69, 9.17) is 4.74 Å². The highest BCUT2D eigenvalue weighted by atomic mass is 32.2. The van der Waals surface area contributed by atoms with Crippen molar-refractivity contribution >= 4 is 17.7 Å². The van der Waals surface area contributed by atoms with Gasteiger partial charge in [-0.05, 0) is 49.2 Å². The van der Waals surface area contributed by atoms with Gasteiger partial charge in [0.15, 0.2) is 11.0 Å². The van der Waals surface area contributed by atoms with Crippen molar-refractivity contribution in [2.45, 2.75) is 43.5 Å². The first-order valence-electron chi connectivity index (χ1n) is 12.3.